The fourth-order valence-corrected chi connectivity index (χ4v) is 6.52. The molecule has 0 aliphatic rings. The maximum absolute atomic E-state index is 2.38. The van der Waals surface area contributed by atoms with Crippen LogP contribution in [0, 0.1) is 13.8 Å². The van der Waals surface area contributed by atoms with Crippen molar-refractivity contribution < 1.29 is 0 Å². The van der Waals surface area contributed by atoms with Gasteiger partial charge in [-0.3, -0.25) is 0 Å². The number of benzene rings is 7. The Balaban J connectivity index is 1.31. The SMILES string of the molecule is Cc1ccc(N(c2cccc(-c3ccc4c(c3)c3cc(C)ccc3n4-c3ccccc3)c2)c2cccc3ccccc23)cc1. The first-order valence-electron chi connectivity index (χ1n) is 15.2. The van der Waals surface area contributed by atoms with Crippen LogP contribution in [0.2, 0.25) is 0 Å². The van der Waals surface area contributed by atoms with Gasteiger partial charge in [-0.2, -0.15) is 0 Å². The van der Waals surface area contributed by atoms with Gasteiger partial charge in [0.25, 0.3) is 0 Å². The number of para-hydroxylation sites is 1. The number of rotatable bonds is 5. The second-order valence-electron chi connectivity index (χ2n) is 11.6. The molecule has 0 saturated heterocycles. The molecule has 1 aromatic heterocycles. The van der Waals surface area contributed by atoms with Gasteiger partial charge in [0.2, 0.25) is 0 Å². The van der Waals surface area contributed by atoms with E-state index in [0.717, 1.165) is 11.4 Å². The van der Waals surface area contributed by atoms with Crippen molar-refractivity contribution in [2.24, 2.45) is 0 Å². The lowest BCUT2D eigenvalue weighted by Crippen LogP contribution is -2.10. The van der Waals surface area contributed by atoms with Crippen molar-refractivity contribution in [3.05, 3.63) is 169 Å². The zero-order valence-corrected chi connectivity index (χ0v) is 24.9. The highest BCUT2D eigenvalue weighted by Crippen LogP contribution is 2.41. The molecule has 0 N–H and O–H groups in total. The van der Waals surface area contributed by atoms with Crippen molar-refractivity contribution in [2.45, 2.75) is 13.8 Å². The van der Waals surface area contributed by atoms with Crippen molar-refractivity contribution in [1.82, 2.24) is 4.57 Å². The van der Waals surface area contributed by atoms with E-state index in [1.54, 1.807) is 0 Å². The standard InChI is InChI=1S/C42H32N2/c1-29-18-22-35(23-19-29)43(40-17-9-11-31-10-6-7-16-37(31)40)36-15-8-12-32(27-36)33-21-25-42-39(28-33)38-26-30(2)20-24-41(38)44(42)34-13-4-3-5-14-34/h3-28H,1-2H3. The van der Waals surface area contributed by atoms with Crippen LogP contribution < -0.4 is 4.90 Å². The van der Waals surface area contributed by atoms with E-state index in [2.05, 4.69) is 181 Å². The van der Waals surface area contributed by atoms with Gasteiger partial charge in [0, 0.05) is 33.2 Å². The van der Waals surface area contributed by atoms with E-state index in [9.17, 15) is 0 Å². The second kappa shape index (κ2) is 10.6. The highest BCUT2D eigenvalue weighted by molar-refractivity contribution is 6.11. The van der Waals surface area contributed by atoms with Crippen LogP contribution in [0.4, 0.5) is 17.1 Å². The quantitative estimate of drug-likeness (QED) is 0.202. The molecule has 1 heterocycles. The summed E-state index contributed by atoms with van der Waals surface area (Å²) in [5.41, 5.74) is 12.0. The smallest absolute Gasteiger partial charge is 0.0541 e. The van der Waals surface area contributed by atoms with E-state index in [4.69, 9.17) is 0 Å². The summed E-state index contributed by atoms with van der Waals surface area (Å²) in [4.78, 5) is 2.38. The highest BCUT2D eigenvalue weighted by Gasteiger charge is 2.17. The second-order valence-corrected chi connectivity index (χ2v) is 11.6. The molecule has 7 aromatic carbocycles. The largest absolute Gasteiger partial charge is 0.310 e. The first kappa shape index (κ1) is 26.1. The van der Waals surface area contributed by atoms with Gasteiger partial charge in [-0.15, -0.1) is 0 Å². The van der Waals surface area contributed by atoms with Gasteiger partial charge in [-0.05, 0) is 97.1 Å². The lowest BCUT2D eigenvalue weighted by molar-refractivity contribution is 1.18. The third kappa shape index (κ3) is 4.44. The Morgan fingerprint density at radius 3 is 1.93 bits per heavy atom. The summed E-state index contributed by atoms with van der Waals surface area (Å²) in [6.07, 6.45) is 0. The molecular weight excluding hydrogens is 532 g/mol. The van der Waals surface area contributed by atoms with Crippen LogP contribution in [0.1, 0.15) is 11.1 Å². The van der Waals surface area contributed by atoms with Crippen molar-refractivity contribution in [3.8, 4) is 16.8 Å². The average Bonchev–Trinajstić information content (AvgIpc) is 3.39. The Labute approximate surface area is 258 Å². The molecule has 8 rings (SSSR count). The molecule has 0 radical (unpaired) electrons. The summed E-state index contributed by atoms with van der Waals surface area (Å²) in [5, 5.41) is 5.00. The van der Waals surface area contributed by atoms with Crippen LogP contribution in [0.5, 0.6) is 0 Å². The van der Waals surface area contributed by atoms with Crippen LogP contribution in [-0.4, -0.2) is 4.57 Å². The number of hydrogen-bond donors (Lipinski definition) is 0. The monoisotopic (exact) mass is 564 g/mol. The molecule has 0 saturated carbocycles. The first-order valence-corrected chi connectivity index (χ1v) is 15.2. The summed E-state index contributed by atoms with van der Waals surface area (Å²) in [7, 11) is 0. The Hall–Kier alpha value is -5.60. The molecule has 2 nitrogen and oxygen atoms in total. The minimum atomic E-state index is 1.13. The highest BCUT2D eigenvalue weighted by atomic mass is 15.1. The minimum Gasteiger partial charge on any atom is -0.310 e. The lowest BCUT2D eigenvalue weighted by atomic mass is 10.0. The molecular formula is C42H32N2. The van der Waals surface area contributed by atoms with E-state index in [0.29, 0.717) is 0 Å². The van der Waals surface area contributed by atoms with Crippen LogP contribution in [0.15, 0.2) is 158 Å². The molecule has 8 aromatic rings. The minimum absolute atomic E-state index is 1.13. The summed E-state index contributed by atoms with van der Waals surface area (Å²) in [6.45, 7) is 4.31. The molecule has 0 bridgehead atoms. The van der Waals surface area contributed by atoms with Gasteiger partial charge >= 0.3 is 0 Å². The lowest BCUT2D eigenvalue weighted by Gasteiger charge is -2.27. The molecule has 0 spiro atoms. The van der Waals surface area contributed by atoms with Crippen molar-refractivity contribution >= 4 is 49.6 Å². The van der Waals surface area contributed by atoms with Gasteiger partial charge in [0.05, 0.1) is 16.7 Å². The molecule has 210 valence electrons. The van der Waals surface area contributed by atoms with Gasteiger partial charge in [-0.1, -0.05) is 102 Å². The summed E-state index contributed by atoms with van der Waals surface area (Å²) < 4.78 is 2.38. The number of hydrogen-bond acceptors (Lipinski definition) is 1. The van der Waals surface area contributed by atoms with Gasteiger partial charge in [0.1, 0.15) is 0 Å². The van der Waals surface area contributed by atoms with Crippen molar-refractivity contribution in [1.29, 1.82) is 0 Å². The maximum Gasteiger partial charge on any atom is 0.0541 e. The molecule has 0 aliphatic heterocycles. The summed E-state index contributed by atoms with van der Waals surface area (Å²) in [5.74, 6) is 0. The Kier molecular flexibility index (Phi) is 6.27. The summed E-state index contributed by atoms with van der Waals surface area (Å²) in [6, 6.07) is 57.3. The zero-order valence-electron chi connectivity index (χ0n) is 24.9. The Morgan fingerprint density at radius 2 is 1.09 bits per heavy atom. The van der Waals surface area contributed by atoms with Crippen LogP contribution >= 0.6 is 0 Å². The number of nitrogens with zero attached hydrogens (tertiary/aromatic N) is 2. The molecule has 0 amide bonds. The number of aryl methyl sites for hydroxylation is 2. The first-order chi connectivity index (χ1) is 21.6. The number of fused-ring (bicyclic) bond motifs is 4. The van der Waals surface area contributed by atoms with E-state index in [1.165, 1.54) is 66.2 Å². The maximum atomic E-state index is 2.38. The Bertz CT molecular complexity index is 2290. The van der Waals surface area contributed by atoms with Gasteiger partial charge in [0.15, 0.2) is 0 Å². The van der Waals surface area contributed by atoms with Gasteiger partial charge in [-0.25, -0.2) is 0 Å². The third-order valence-corrected chi connectivity index (χ3v) is 8.67. The third-order valence-electron chi connectivity index (χ3n) is 8.67. The van der Waals surface area contributed by atoms with E-state index in [1.807, 2.05) is 0 Å². The van der Waals surface area contributed by atoms with E-state index >= 15 is 0 Å². The fraction of sp³-hybridized carbons (Fsp3) is 0.0476. The molecule has 0 aliphatic carbocycles. The predicted octanol–water partition coefficient (Wildman–Crippen LogP) is 11.7. The fourth-order valence-electron chi connectivity index (χ4n) is 6.52. The zero-order chi connectivity index (χ0) is 29.6. The van der Waals surface area contributed by atoms with Crippen molar-refractivity contribution in [3.63, 3.8) is 0 Å². The number of anilines is 3. The molecule has 2 heteroatoms. The average molecular weight is 565 g/mol. The topological polar surface area (TPSA) is 8.17 Å². The Morgan fingerprint density at radius 1 is 0.432 bits per heavy atom. The van der Waals surface area contributed by atoms with Gasteiger partial charge < -0.3 is 9.47 Å². The predicted molar refractivity (Wildman–Crippen MR) is 188 cm³/mol. The van der Waals surface area contributed by atoms with Crippen LogP contribution in [0.3, 0.4) is 0 Å². The summed E-state index contributed by atoms with van der Waals surface area (Å²) >= 11 is 0. The van der Waals surface area contributed by atoms with Crippen LogP contribution in [0.25, 0.3) is 49.4 Å². The van der Waals surface area contributed by atoms with E-state index in [-0.39, 0.29) is 0 Å². The molecule has 0 atom stereocenters. The normalized spacial score (nSPS) is 11.4. The van der Waals surface area contributed by atoms with Crippen molar-refractivity contribution in [2.75, 3.05) is 4.90 Å². The molecule has 0 fully saturated rings. The molecule has 44 heavy (non-hydrogen) atoms. The van der Waals surface area contributed by atoms with E-state index < -0.39 is 0 Å². The molecule has 0 unspecified atom stereocenters. The van der Waals surface area contributed by atoms with Crippen LogP contribution in [-0.2, 0) is 0 Å². The number of aromatic nitrogens is 1.